The van der Waals surface area contributed by atoms with E-state index in [4.69, 9.17) is 11.6 Å². The molecule has 0 heterocycles. The lowest BCUT2D eigenvalue weighted by molar-refractivity contribution is 0.527. The fraction of sp³-hybridized carbons (Fsp3) is 0.333. The van der Waals surface area contributed by atoms with Crippen molar-refractivity contribution in [2.24, 2.45) is 0 Å². The van der Waals surface area contributed by atoms with E-state index in [1.807, 2.05) is 18.2 Å². The lowest BCUT2D eigenvalue weighted by atomic mass is 9.95. The van der Waals surface area contributed by atoms with Crippen molar-refractivity contribution in [1.82, 2.24) is 5.32 Å². The Kier molecular flexibility index (Phi) is 6.28. The van der Waals surface area contributed by atoms with Crippen molar-refractivity contribution in [2.45, 2.75) is 32.7 Å². The van der Waals surface area contributed by atoms with Crippen LogP contribution in [0.25, 0.3) is 0 Å². The summed E-state index contributed by atoms with van der Waals surface area (Å²) in [7, 11) is 0. The van der Waals surface area contributed by atoms with Gasteiger partial charge in [-0.25, -0.2) is 0 Å². The van der Waals surface area contributed by atoms with Gasteiger partial charge in [0.2, 0.25) is 0 Å². The Balaban J connectivity index is 2.30. The van der Waals surface area contributed by atoms with Crippen LogP contribution in [0.1, 0.15) is 36.1 Å². The molecule has 1 N–H and O–H groups in total. The van der Waals surface area contributed by atoms with Gasteiger partial charge in [-0.05, 0) is 61.2 Å². The van der Waals surface area contributed by atoms with Crippen LogP contribution in [0.4, 0.5) is 0 Å². The van der Waals surface area contributed by atoms with Gasteiger partial charge in [0.15, 0.2) is 0 Å². The first-order valence-corrected chi connectivity index (χ1v) is 8.51. The van der Waals surface area contributed by atoms with Crippen LogP contribution in [0.2, 0.25) is 5.02 Å². The average Bonchev–Trinajstić information content (AvgIpc) is 2.48. The fourth-order valence-corrected chi connectivity index (χ4v) is 3.07. The van der Waals surface area contributed by atoms with Crippen molar-refractivity contribution in [3.8, 4) is 0 Å². The third kappa shape index (κ3) is 4.57. The van der Waals surface area contributed by atoms with E-state index in [2.05, 4.69) is 59.4 Å². The van der Waals surface area contributed by atoms with Crippen LogP contribution in [0, 0.1) is 6.92 Å². The molecular weight excluding hydrogens is 346 g/mol. The van der Waals surface area contributed by atoms with Gasteiger partial charge in [-0.1, -0.05) is 58.7 Å². The second kappa shape index (κ2) is 7.98. The molecule has 3 heteroatoms. The minimum absolute atomic E-state index is 0.280. The Hall–Kier alpha value is -0.830. The second-order valence-corrected chi connectivity index (χ2v) is 6.63. The van der Waals surface area contributed by atoms with Gasteiger partial charge in [0, 0.05) is 15.5 Å². The van der Waals surface area contributed by atoms with Crippen LogP contribution in [-0.4, -0.2) is 6.54 Å². The molecule has 0 aliphatic carbocycles. The molecule has 1 nitrogen and oxygen atoms in total. The molecule has 0 aromatic heterocycles. The van der Waals surface area contributed by atoms with E-state index in [1.165, 1.54) is 16.7 Å². The van der Waals surface area contributed by atoms with E-state index >= 15 is 0 Å². The predicted octanol–water partition coefficient (Wildman–Crippen LogP) is 5.69. The number of nitrogens with one attached hydrogen (secondary N) is 1. The third-order valence-corrected chi connectivity index (χ3v) is 4.50. The highest BCUT2D eigenvalue weighted by Crippen LogP contribution is 2.27. The monoisotopic (exact) mass is 365 g/mol. The molecule has 2 rings (SSSR count). The Morgan fingerprint density at radius 1 is 1.19 bits per heavy atom. The summed E-state index contributed by atoms with van der Waals surface area (Å²) < 4.78 is 1.12. The Bertz CT molecular complexity index is 598. The zero-order valence-electron chi connectivity index (χ0n) is 12.5. The molecule has 0 radical (unpaired) electrons. The van der Waals surface area contributed by atoms with E-state index in [9.17, 15) is 0 Å². The second-order valence-electron chi connectivity index (χ2n) is 5.30. The minimum Gasteiger partial charge on any atom is -0.310 e. The van der Waals surface area contributed by atoms with E-state index < -0.39 is 0 Å². The summed E-state index contributed by atoms with van der Waals surface area (Å²) in [6.07, 6.45) is 2.02. The number of halogens is 2. The molecule has 21 heavy (non-hydrogen) atoms. The SMILES string of the molecule is CCCNC(Cc1ccccc1Cl)c1cc(Br)ccc1C. The first kappa shape index (κ1) is 16.5. The first-order valence-electron chi connectivity index (χ1n) is 7.34. The Morgan fingerprint density at radius 2 is 1.95 bits per heavy atom. The van der Waals surface area contributed by atoms with E-state index in [-0.39, 0.29) is 6.04 Å². The zero-order valence-corrected chi connectivity index (χ0v) is 14.8. The van der Waals surface area contributed by atoms with E-state index in [0.29, 0.717) is 0 Å². The summed E-state index contributed by atoms with van der Waals surface area (Å²) in [5.74, 6) is 0. The van der Waals surface area contributed by atoms with Crippen LogP contribution in [0.5, 0.6) is 0 Å². The number of hydrogen-bond acceptors (Lipinski definition) is 1. The summed E-state index contributed by atoms with van der Waals surface area (Å²) in [4.78, 5) is 0. The van der Waals surface area contributed by atoms with E-state index in [1.54, 1.807) is 0 Å². The molecule has 2 aromatic rings. The molecule has 0 spiro atoms. The van der Waals surface area contributed by atoms with Gasteiger partial charge in [0.05, 0.1) is 0 Å². The van der Waals surface area contributed by atoms with E-state index in [0.717, 1.165) is 28.9 Å². The van der Waals surface area contributed by atoms with Crippen molar-refractivity contribution >= 4 is 27.5 Å². The largest absolute Gasteiger partial charge is 0.310 e. The quantitative estimate of drug-likeness (QED) is 0.692. The highest BCUT2D eigenvalue weighted by Gasteiger charge is 2.15. The lowest BCUT2D eigenvalue weighted by Crippen LogP contribution is -2.25. The summed E-state index contributed by atoms with van der Waals surface area (Å²) in [6, 6.07) is 14.8. The van der Waals surface area contributed by atoms with Gasteiger partial charge >= 0.3 is 0 Å². The van der Waals surface area contributed by atoms with Gasteiger partial charge in [0.25, 0.3) is 0 Å². The van der Waals surface area contributed by atoms with Crippen molar-refractivity contribution < 1.29 is 0 Å². The highest BCUT2D eigenvalue weighted by molar-refractivity contribution is 9.10. The molecular formula is C18H21BrClN. The van der Waals surface area contributed by atoms with Gasteiger partial charge in [0.1, 0.15) is 0 Å². The minimum atomic E-state index is 0.280. The maximum absolute atomic E-state index is 6.32. The summed E-state index contributed by atoms with van der Waals surface area (Å²) in [6.45, 7) is 5.35. The Morgan fingerprint density at radius 3 is 2.67 bits per heavy atom. The van der Waals surface area contributed by atoms with Crippen molar-refractivity contribution in [1.29, 1.82) is 0 Å². The van der Waals surface area contributed by atoms with Gasteiger partial charge in [-0.3, -0.25) is 0 Å². The van der Waals surface area contributed by atoms with Gasteiger partial charge in [-0.2, -0.15) is 0 Å². The number of benzene rings is 2. The maximum atomic E-state index is 6.32. The molecule has 1 atom stereocenters. The molecule has 0 saturated heterocycles. The zero-order chi connectivity index (χ0) is 15.2. The van der Waals surface area contributed by atoms with Crippen LogP contribution >= 0.6 is 27.5 Å². The number of aryl methyl sites for hydroxylation is 1. The molecule has 0 fully saturated rings. The summed E-state index contributed by atoms with van der Waals surface area (Å²) >= 11 is 9.90. The molecule has 0 amide bonds. The van der Waals surface area contributed by atoms with Crippen LogP contribution < -0.4 is 5.32 Å². The summed E-state index contributed by atoms with van der Waals surface area (Å²) in [5.41, 5.74) is 3.82. The van der Waals surface area contributed by atoms with Crippen LogP contribution in [-0.2, 0) is 6.42 Å². The topological polar surface area (TPSA) is 12.0 Å². The standard InChI is InChI=1S/C18H21BrClN/c1-3-10-21-18(11-14-6-4-5-7-17(14)20)16-12-15(19)9-8-13(16)2/h4-9,12,18,21H,3,10-11H2,1-2H3. The molecule has 2 aromatic carbocycles. The fourth-order valence-electron chi connectivity index (χ4n) is 2.48. The van der Waals surface area contributed by atoms with Gasteiger partial charge < -0.3 is 5.32 Å². The number of rotatable bonds is 6. The normalized spacial score (nSPS) is 12.4. The first-order chi connectivity index (χ1) is 10.1. The predicted molar refractivity (Wildman–Crippen MR) is 95.1 cm³/mol. The van der Waals surface area contributed by atoms with Crippen LogP contribution in [0.15, 0.2) is 46.9 Å². The van der Waals surface area contributed by atoms with Crippen LogP contribution in [0.3, 0.4) is 0 Å². The summed E-state index contributed by atoms with van der Waals surface area (Å²) in [5, 5.41) is 4.49. The lowest BCUT2D eigenvalue weighted by Gasteiger charge is -2.22. The maximum Gasteiger partial charge on any atom is 0.0438 e. The highest BCUT2D eigenvalue weighted by atomic mass is 79.9. The van der Waals surface area contributed by atoms with Gasteiger partial charge in [-0.15, -0.1) is 0 Å². The number of hydrogen-bond donors (Lipinski definition) is 1. The third-order valence-electron chi connectivity index (χ3n) is 3.64. The smallest absolute Gasteiger partial charge is 0.0438 e. The molecule has 0 aliphatic rings. The Labute approximate surface area is 140 Å². The molecule has 1 unspecified atom stereocenters. The molecule has 0 bridgehead atoms. The van der Waals surface area contributed by atoms with Crippen molar-refractivity contribution in [3.05, 3.63) is 68.7 Å². The molecule has 112 valence electrons. The molecule has 0 saturated carbocycles. The van der Waals surface area contributed by atoms with Crippen molar-refractivity contribution in [2.75, 3.05) is 6.54 Å². The van der Waals surface area contributed by atoms with Crippen molar-refractivity contribution in [3.63, 3.8) is 0 Å². The average molecular weight is 367 g/mol. The molecule has 0 aliphatic heterocycles.